The van der Waals surface area contributed by atoms with Crippen LogP contribution in [0.15, 0.2) is 36.9 Å². The van der Waals surface area contributed by atoms with E-state index < -0.39 is 0 Å². The lowest BCUT2D eigenvalue weighted by Gasteiger charge is -2.28. The van der Waals surface area contributed by atoms with E-state index in [-0.39, 0.29) is 6.04 Å². The third-order valence-electron chi connectivity index (χ3n) is 3.15. The van der Waals surface area contributed by atoms with E-state index in [0.29, 0.717) is 5.92 Å². The molecule has 1 aromatic carbocycles. The van der Waals surface area contributed by atoms with Crippen molar-refractivity contribution >= 4 is 0 Å². The van der Waals surface area contributed by atoms with Crippen LogP contribution in [0.4, 0.5) is 0 Å². The van der Waals surface area contributed by atoms with Crippen LogP contribution in [0.3, 0.4) is 0 Å². The van der Waals surface area contributed by atoms with Crippen LogP contribution in [-0.4, -0.2) is 6.04 Å². The molecule has 14 heavy (non-hydrogen) atoms. The molecule has 2 N–H and O–H groups in total. The van der Waals surface area contributed by atoms with Crippen molar-refractivity contribution in [3.05, 3.63) is 48.0 Å². The van der Waals surface area contributed by atoms with Gasteiger partial charge < -0.3 is 5.73 Å². The molecule has 0 spiro atoms. The summed E-state index contributed by atoms with van der Waals surface area (Å²) in [4.78, 5) is 0. The Labute approximate surface area is 85.6 Å². The first-order valence-electron chi connectivity index (χ1n) is 5.29. The van der Waals surface area contributed by atoms with Crippen molar-refractivity contribution in [1.29, 1.82) is 0 Å². The van der Waals surface area contributed by atoms with Crippen LogP contribution >= 0.6 is 0 Å². The van der Waals surface area contributed by atoms with Crippen molar-refractivity contribution in [1.82, 2.24) is 0 Å². The zero-order chi connectivity index (χ0) is 9.97. The van der Waals surface area contributed by atoms with Crippen molar-refractivity contribution in [2.24, 2.45) is 5.73 Å². The molecule has 0 saturated carbocycles. The molecule has 1 aliphatic rings. The molecule has 2 rings (SSSR count). The van der Waals surface area contributed by atoms with Crippen molar-refractivity contribution in [2.45, 2.75) is 31.2 Å². The highest BCUT2D eigenvalue weighted by Gasteiger charge is 2.23. The second-order valence-electron chi connectivity index (χ2n) is 4.01. The van der Waals surface area contributed by atoms with Crippen LogP contribution in [0, 0.1) is 0 Å². The van der Waals surface area contributed by atoms with E-state index in [1.165, 1.54) is 30.4 Å². The number of hydrogen-bond acceptors (Lipinski definition) is 1. The first-order chi connectivity index (χ1) is 6.83. The molecule has 0 aromatic heterocycles. The van der Waals surface area contributed by atoms with Crippen LogP contribution in [0.5, 0.6) is 0 Å². The van der Waals surface area contributed by atoms with Gasteiger partial charge in [-0.25, -0.2) is 0 Å². The van der Waals surface area contributed by atoms with E-state index in [4.69, 9.17) is 5.73 Å². The topological polar surface area (TPSA) is 26.0 Å². The van der Waals surface area contributed by atoms with Crippen molar-refractivity contribution in [3.8, 4) is 0 Å². The minimum Gasteiger partial charge on any atom is -0.324 e. The van der Waals surface area contributed by atoms with E-state index in [1.807, 2.05) is 6.08 Å². The van der Waals surface area contributed by atoms with E-state index in [0.717, 1.165) is 0 Å². The largest absolute Gasteiger partial charge is 0.324 e. The van der Waals surface area contributed by atoms with Gasteiger partial charge in [-0.1, -0.05) is 30.3 Å². The quantitative estimate of drug-likeness (QED) is 0.708. The fourth-order valence-corrected chi connectivity index (χ4v) is 2.36. The summed E-state index contributed by atoms with van der Waals surface area (Å²) in [5, 5.41) is 0. The van der Waals surface area contributed by atoms with Crippen molar-refractivity contribution < 1.29 is 0 Å². The average molecular weight is 187 g/mol. The van der Waals surface area contributed by atoms with Gasteiger partial charge in [0.05, 0.1) is 0 Å². The summed E-state index contributed by atoms with van der Waals surface area (Å²) in [6.45, 7) is 3.78. The van der Waals surface area contributed by atoms with Gasteiger partial charge in [-0.05, 0) is 30.4 Å². The first kappa shape index (κ1) is 9.47. The second kappa shape index (κ2) is 3.97. The third-order valence-corrected chi connectivity index (χ3v) is 3.15. The Bertz CT molecular complexity index is 330. The normalized spacial score (nSPS) is 22.5. The van der Waals surface area contributed by atoms with Crippen LogP contribution in [-0.2, 0) is 6.42 Å². The summed E-state index contributed by atoms with van der Waals surface area (Å²) >= 11 is 0. The van der Waals surface area contributed by atoms with Gasteiger partial charge in [0.25, 0.3) is 0 Å². The lowest BCUT2D eigenvalue weighted by atomic mass is 9.79. The Hall–Kier alpha value is -1.08. The minimum atomic E-state index is 0.108. The van der Waals surface area contributed by atoms with Gasteiger partial charge in [-0.2, -0.15) is 0 Å². The van der Waals surface area contributed by atoms with Crippen LogP contribution in [0.25, 0.3) is 0 Å². The number of fused-ring (bicyclic) bond motifs is 1. The molecule has 0 amide bonds. The number of hydrogen-bond donors (Lipinski definition) is 1. The Morgan fingerprint density at radius 1 is 1.43 bits per heavy atom. The molecule has 1 nitrogen and oxygen atoms in total. The highest BCUT2D eigenvalue weighted by Crippen LogP contribution is 2.33. The summed E-state index contributed by atoms with van der Waals surface area (Å²) in [6, 6.07) is 8.75. The monoisotopic (exact) mass is 187 g/mol. The number of rotatable bonds is 2. The summed E-state index contributed by atoms with van der Waals surface area (Å²) in [6.07, 6.45) is 5.52. The predicted molar refractivity (Wildman–Crippen MR) is 60.3 cm³/mol. The molecule has 0 bridgehead atoms. The van der Waals surface area contributed by atoms with Gasteiger partial charge >= 0.3 is 0 Å². The van der Waals surface area contributed by atoms with Crippen LogP contribution in [0.1, 0.15) is 29.9 Å². The summed E-state index contributed by atoms with van der Waals surface area (Å²) < 4.78 is 0. The summed E-state index contributed by atoms with van der Waals surface area (Å²) in [7, 11) is 0. The van der Waals surface area contributed by atoms with Gasteiger partial charge in [0.2, 0.25) is 0 Å². The highest BCUT2D eigenvalue weighted by atomic mass is 14.6. The zero-order valence-corrected chi connectivity index (χ0v) is 8.45. The molecule has 2 atom stereocenters. The highest BCUT2D eigenvalue weighted by molar-refractivity contribution is 5.34. The van der Waals surface area contributed by atoms with Gasteiger partial charge in [-0.3, -0.25) is 0 Å². The summed E-state index contributed by atoms with van der Waals surface area (Å²) in [5.41, 5.74) is 8.95. The van der Waals surface area contributed by atoms with E-state index in [9.17, 15) is 0 Å². The maximum Gasteiger partial charge on any atom is 0.0291 e. The molecule has 0 heterocycles. The second-order valence-corrected chi connectivity index (χ2v) is 4.01. The van der Waals surface area contributed by atoms with Crippen molar-refractivity contribution in [2.75, 3.05) is 0 Å². The van der Waals surface area contributed by atoms with Crippen LogP contribution in [0.2, 0.25) is 0 Å². The van der Waals surface area contributed by atoms with Crippen LogP contribution < -0.4 is 5.73 Å². The number of nitrogens with two attached hydrogens (primary N) is 1. The van der Waals surface area contributed by atoms with Gasteiger partial charge in [0.1, 0.15) is 0 Å². The SMILES string of the molecule is C=CC(N)C1CCCc2ccccc21. The molecular weight excluding hydrogens is 170 g/mol. The minimum absolute atomic E-state index is 0.108. The standard InChI is InChI=1S/C13H17N/c1-2-13(14)12-9-5-7-10-6-3-4-8-11(10)12/h2-4,6,8,12-13H,1,5,7,9,14H2. The molecule has 1 aliphatic carbocycles. The number of benzene rings is 1. The van der Waals surface area contributed by atoms with E-state index in [1.54, 1.807) is 0 Å². The fraction of sp³-hybridized carbons (Fsp3) is 0.385. The Kier molecular flexibility index (Phi) is 2.69. The molecule has 1 aromatic rings. The molecular formula is C13H17N. The Morgan fingerprint density at radius 3 is 3.00 bits per heavy atom. The Morgan fingerprint density at radius 2 is 2.21 bits per heavy atom. The van der Waals surface area contributed by atoms with Gasteiger partial charge in [0.15, 0.2) is 0 Å². The molecule has 0 radical (unpaired) electrons. The number of aryl methyl sites for hydroxylation is 1. The molecule has 2 unspecified atom stereocenters. The van der Waals surface area contributed by atoms with Gasteiger partial charge in [-0.15, -0.1) is 6.58 Å². The third kappa shape index (κ3) is 1.60. The Balaban J connectivity index is 2.35. The fourth-order valence-electron chi connectivity index (χ4n) is 2.36. The van der Waals surface area contributed by atoms with E-state index >= 15 is 0 Å². The zero-order valence-electron chi connectivity index (χ0n) is 8.45. The summed E-state index contributed by atoms with van der Waals surface area (Å²) in [5.74, 6) is 0.484. The maximum absolute atomic E-state index is 6.04. The van der Waals surface area contributed by atoms with Crippen molar-refractivity contribution in [3.63, 3.8) is 0 Å². The van der Waals surface area contributed by atoms with E-state index in [2.05, 4.69) is 30.8 Å². The average Bonchev–Trinajstić information content (AvgIpc) is 2.27. The predicted octanol–water partition coefficient (Wildman–Crippen LogP) is 2.62. The lowest BCUT2D eigenvalue weighted by Crippen LogP contribution is -2.28. The molecule has 1 heteroatoms. The first-order valence-corrected chi connectivity index (χ1v) is 5.29. The smallest absolute Gasteiger partial charge is 0.0291 e. The molecule has 0 saturated heterocycles. The maximum atomic E-state index is 6.04. The molecule has 74 valence electrons. The van der Waals surface area contributed by atoms with Gasteiger partial charge in [0, 0.05) is 12.0 Å². The lowest BCUT2D eigenvalue weighted by molar-refractivity contribution is 0.511. The molecule has 0 fully saturated rings. The molecule has 0 aliphatic heterocycles.